The van der Waals surface area contributed by atoms with Crippen LogP contribution in [0.5, 0.6) is 0 Å². The second kappa shape index (κ2) is 5.43. The molecule has 0 aromatic carbocycles. The molecule has 2 atom stereocenters. The number of aromatic nitrogens is 2. The van der Waals surface area contributed by atoms with Gasteiger partial charge in [-0.3, -0.25) is 9.69 Å². The number of rotatable bonds is 2. The molecule has 2 unspecified atom stereocenters. The highest BCUT2D eigenvalue weighted by Crippen LogP contribution is 2.27. The summed E-state index contributed by atoms with van der Waals surface area (Å²) in [6.07, 6.45) is 4.74. The summed E-state index contributed by atoms with van der Waals surface area (Å²) in [7, 11) is 0. The molecule has 0 radical (unpaired) electrons. The maximum atomic E-state index is 12.1. The van der Waals surface area contributed by atoms with Crippen LogP contribution in [-0.2, 0) is 0 Å². The molecule has 5 nitrogen and oxygen atoms in total. The lowest BCUT2D eigenvalue weighted by Gasteiger charge is -2.32. The number of amides is 1. The number of fused-ring (bicyclic) bond motifs is 1. The van der Waals surface area contributed by atoms with E-state index >= 15 is 0 Å². The van der Waals surface area contributed by atoms with Gasteiger partial charge in [-0.25, -0.2) is 0 Å². The van der Waals surface area contributed by atoms with Gasteiger partial charge in [0.2, 0.25) is 0 Å². The average molecular weight is 281 g/mol. The minimum absolute atomic E-state index is 0.151. The first-order chi connectivity index (χ1) is 9.24. The molecule has 1 aromatic heterocycles. The topological polar surface area (TPSA) is 58.1 Å². The monoisotopic (exact) mass is 280 g/mol. The normalized spacial score (nSPS) is 27.0. The summed E-state index contributed by atoms with van der Waals surface area (Å²) in [5.74, 6) is -0.151. The Morgan fingerprint density at radius 1 is 1.26 bits per heavy atom. The van der Waals surface area contributed by atoms with Crippen LogP contribution in [0, 0.1) is 0 Å². The molecule has 0 aliphatic carbocycles. The molecule has 19 heavy (non-hydrogen) atoms. The number of hydrogen-bond donors (Lipinski definition) is 1. The smallest absolute Gasteiger partial charge is 0.272 e. The number of carbonyl (C=O) groups is 1. The molecule has 3 heterocycles. The van der Waals surface area contributed by atoms with E-state index in [1.54, 1.807) is 12.1 Å². The first kappa shape index (κ1) is 12.8. The zero-order valence-electron chi connectivity index (χ0n) is 10.7. The van der Waals surface area contributed by atoms with Crippen LogP contribution in [0.3, 0.4) is 0 Å². The summed E-state index contributed by atoms with van der Waals surface area (Å²) in [5, 5.41) is 10.9. The van der Waals surface area contributed by atoms with Crippen molar-refractivity contribution in [2.45, 2.75) is 37.8 Å². The molecule has 0 spiro atoms. The van der Waals surface area contributed by atoms with E-state index in [-0.39, 0.29) is 11.9 Å². The Labute approximate surface area is 117 Å². The van der Waals surface area contributed by atoms with Gasteiger partial charge in [0.05, 0.1) is 0 Å². The first-order valence-electron chi connectivity index (χ1n) is 6.78. The van der Waals surface area contributed by atoms with Crippen LogP contribution in [0.4, 0.5) is 0 Å². The van der Waals surface area contributed by atoms with Crippen LogP contribution >= 0.6 is 11.6 Å². The predicted octanol–water partition coefficient (Wildman–Crippen LogP) is 1.49. The fraction of sp³-hybridized carbons (Fsp3) is 0.615. The van der Waals surface area contributed by atoms with Crippen molar-refractivity contribution in [1.29, 1.82) is 0 Å². The molecule has 3 rings (SSSR count). The molecule has 0 saturated carbocycles. The molecule has 2 saturated heterocycles. The zero-order chi connectivity index (χ0) is 13.2. The minimum Gasteiger partial charge on any atom is -0.346 e. The Balaban J connectivity index is 1.65. The van der Waals surface area contributed by atoms with Gasteiger partial charge in [-0.15, -0.1) is 10.2 Å². The van der Waals surface area contributed by atoms with Crippen LogP contribution in [0.1, 0.15) is 36.2 Å². The van der Waals surface area contributed by atoms with Gasteiger partial charge in [-0.2, -0.15) is 0 Å². The zero-order valence-corrected chi connectivity index (χ0v) is 11.4. The van der Waals surface area contributed by atoms with Crippen LogP contribution in [0.25, 0.3) is 0 Å². The van der Waals surface area contributed by atoms with E-state index in [0.29, 0.717) is 16.9 Å². The van der Waals surface area contributed by atoms with Gasteiger partial charge in [-0.05, 0) is 37.9 Å². The lowest BCUT2D eigenvalue weighted by Crippen LogP contribution is -2.46. The van der Waals surface area contributed by atoms with Crippen LogP contribution in [0.2, 0.25) is 5.15 Å². The molecule has 102 valence electrons. The Kier molecular flexibility index (Phi) is 3.66. The highest BCUT2D eigenvalue weighted by atomic mass is 35.5. The molecule has 2 aliphatic heterocycles. The summed E-state index contributed by atoms with van der Waals surface area (Å²) in [6, 6.07) is 3.94. The third-order valence-corrected chi connectivity index (χ3v) is 4.24. The molecule has 1 N–H and O–H groups in total. The lowest BCUT2D eigenvalue weighted by molar-refractivity contribution is 0.0909. The third kappa shape index (κ3) is 2.72. The van der Waals surface area contributed by atoms with Gasteiger partial charge < -0.3 is 5.32 Å². The summed E-state index contributed by atoms with van der Waals surface area (Å²) in [6.45, 7) is 2.25. The summed E-state index contributed by atoms with van der Waals surface area (Å²) in [5.41, 5.74) is 0.332. The van der Waals surface area contributed by atoms with Gasteiger partial charge in [-0.1, -0.05) is 18.0 Å². The van der Waals surface area contributed by atoms with Crippen LogP contribution in [-0.4, -0.2) is 46.2 Å². The Morgan fingerprint density at radius 3 is 2.95 bits per heavy atom. The van der Waals surface area contributed by atoms with Crippen molar-refractivity contribution in [3.8, 4) is 0 Å². The van der Waals surface area contributed by atoms with E-state index in [9.17, 15) is 4.79 Å². The number of carbonyl (C=O) groups excluding carboxylic acids is 1. The molecule has 1 amide bonds. The second-order valence-electron chi connectivity index (χ2n) is 5.21. The standard InChI is InChI=1S/C13H17ClN4O/c14-12-5-4-10(16-17-12)13(19)15-9-6-8-18-7-2-1-3-11(9)18/h4-5,9,11H,1-3,6-8H2,(H,15,19). The molecule has 0 bridgehead atoms. The van der Waals surface area contributed by atoms with Gasteiger partial charge >= 0.3 is 0 Å². The van der Waals surface area contributed by atoms with Crippen molar-refractivity contribution in [3.05, 3.63) is 23.0 Å². The number of piperidine rings is 1. The molecule has 6 heteroatoms. The number of nitrogens with one attached hydrogen (secondary N) is 1. The van der Waals surface area contributed by atoms with Gasteiger partial charge in [0.15, 0.2) is 10.8 Å². The fourth-order valence-corrected chi connectivity index (χ4v) is 3.20. The van der Waals surface area contributed by atoms with Crippen molar-refractivity contribution >= 4 is 17.5 Å². The van der Waals surface area contributed by atoms with E-state index < -0.39 is 0 Å². The number of hydrogen-bond acceptors (Lipinski definition) is 4. The Hall–Kier alpha value is -1.20. The molecular formula is C13H17ClN4O. The number of halogens is 1. The molecular weight excluding hydrogens is 264 g/mol. The van der Waals surface area contributed by atoms with E-state index in [2.05, 4.69) is 20.4 Å². The van der Waals surface area contributed by atoms with E-state index in [1.165, 1.54) is 19.3 Å². The summed E-state index contributed by atoms with van der Waals surface area (Å²) < 4.78 is 0. The maximum Gasteiger partial charge on any atom is 0.272 e. The third-order valence-electron chi connectivity index (χ3n) is 4.04. The molecule has 2 aliphatic rings. The highest BCUT2D eigenvalue weighted by Gasteiger charge is 2.36. The van der Waals surface area contributed by atoms with E-state index in [1.807, 2.05) is 0 Å². The first-order valence-corrected chi connectivity index (χ1v) is 7.16. The quantitative estimate of drug-likeness (QED) is 0.892. The van der Waals surface area contributed by atoms with Gasteiger partial charge in [0, 0.05) is 18.6 Å². The second-order valence-corrected chi connectivity index (χ2v) is 5.60. The Morgan fingerprint density at radius 2 is 2.16 bits per heavy atom. The lowest BCUT2D eigenvalue weighted by atomic mass is 9.99. The van der Waals surface area contributed by atoms with Crippen molar-refractivity contribution < 1.29 is 4.79 Å². The van der Waals surface area contributed by atoms with Crippen LogP contribution < -0.4 is 5.32 Å². The minimum atomic E-state index is -0.151. The highest BCUT2D eigenvalue weighted by molar-refractivity contribution is 6.29. The number of nitrogens with zero attached hydrogens (tertiary/aromatic N) is 3. The maximum absolute atomic E-state index is 12.1. The van der Waals surface area contributed by atoms with Crippen molar-refractivity contribution in [2.24, 2.45) is 0 Å². The van der Waals surface area contributed by atoms with Crippen molar-refractivity contribution in [3.63, 3.8) is 0 Å². The predicted molar refractivity (Wildman–Crippen MR) is 72.1 cm³/mol. The molecule has 1 aromatic rings. The fourth-order valence-electron chi connectivity index (χ4n) is 3.10. The van der Waals surface area contributed by atoms with Crippen molar-refractivity contribution in [1.82, 2.24) is 20.4 Å². The Bertz CT molecular complexity index is 464. The van der Waals surface area contributed by atoms with E-state index in [0.717, 1.165) is 19.5 Å². The average Bonchev–Trinajstić information content (AvgIpc) is 2.83. The van der Waals surface area contributed by atoms with Crippen molar-refractivity contribution in [2.75, 3.05) is 13.1 Å². The summed E-state index contributed by atoms with van der Waals surface area (Å²) in [4.78, 5) is 14.6. The SMILES string of the molecule is O=C(NC1CCN2CCCCC12)c1ccc(Cl)nn1. The largest absolute Gasteiger partial charge is 0.346 e. The summed E-state index contributed by atoms with van der Waals surface area (Å²) >= 11 is 5.67. The van der Waals surface area contributed by atoms with Crippen LogP contribution in [0.15, 0.2) is 12.1 Å². The molecule has 2 fully saturated rings. The van der Waals surface area contributed by atoms with E-state index in [4.69, 9.17) is 11.6 Å². The van der Waals surface area contributed by atoms with Gasteiger partial charge in [0.25, 0.3) is 5.91 Å². The van der Waals surface area contributed by atoms with Gasteiger partial charge in [0.1, 0.15) is 0 Å².